The minimum absolute atomic E-state index is 0.0914. The van der Waals surface area contributed by atoms with Crippen LogP contribution in [0.5, 0.6) is 0 Å². The molecular weight excluding hydrogens is 356 g/mol. The van der Waals surface area contributed by atoms with Crippen LogP contribution in [0.25, 0.3) is 11.4 Å². The van der Waals surface area contributed by atoms with Gasteiger partial charge in [0.1, 0.15) is 0 Å². The Kier molecular flexibility index (Phi) is 6.29. The van der Waals surface area contributed by atoms with Crippen LogP contribution in [0, 0.1) is 0 Å². The summed E-state index contributed by atoms with van der Waals surface area (Å²) in [4.78, 5) is 14.6. The molecule has 1 aromatic heterocycles. The predicted molar refractivity (Wildman–Crippen MR) is 111 cm³/mol. The molecule has 0 fully saturated rings. The van der Waals surface area contributed by atoms with Gasteiger partial charge in [-0.05, 0) is 38.1 Å². The summed E-state index contributed by atoms with van der Waals surface area (Å²) < 4.78 is 1.94. The van der Waals surface area contributed by atoms with Crippen molar-refractivity contribution in [2.75, 3.05) is 23.7 Å². The third-order valence-electron chi connectivity index (χ3n) is 4.52. The van der Waals surface area contributed by atoms with E-state index in [1.54, 1.807) is 0 Å². The molecule has 1 heterocycles. The quantitative estimate of drug-likeness (QED) is 0.431. The molecule has 0 saturated carbocycles. The van der Waals surface area contributed by atoms with Gasteiger partial charge in [-0.15, -0.1) is 10.2 Å². The lowest BCUT2D eigenvalue weighted by atomic mass is 10.2. The van der Waals surface area contributed by atoms with Crippen LogP contribution in [0.1, 0.15) is 24.2 Å². The third kappa shape index (κ3) is 4.39. The molecule has 0 spiro atoms. The fourth-order valence-corrected chi connectivity index (χ4v) is 3.75. The zero-order valence-electron chi connectivity index (χ0n) is 15.9. The highest BCUT2D eigenvalue weighted by Crippen LogP contribution is 2.25. The Labute approximate surface area is 164 Å². The summed E-state index contributed by atoms with van der Waals surface area (Å²) in [7, 11) is 1.93. The molecule has 0 aliphatic heterocycles. The van der Waals surface area contributed by atoms with E-state index in [9.17, 15) is 4.79 Å². The van der Waals surface area contributed by atoms with E-state index in [2.05, 4.69) is 53.2 Å². The zero-order chi connectivity index (χ0) is 19.2. The van der Waals surface area contributed by atoms with Crippen LogP contribution in [0.15, 0.2) is 59.8 Å². The molecule has 140 valence electrons. The number of rotatable bonds is 8. The minimum atomic E-state index is 0.0914. The lowest BCUT2D eigenvalue weighted by Crippen LogP contribution is -2.21. The normalized spacial score (nSPS) is 10.8. The lowest BCUT2D eigenvalue weighted by molar-refractivity contribution is 0.102. The molecule has 0 unspecified atom stereocenters. The van der Waals surface area contributed by atoms with E-state index in [0.717, 1.165) is 35.2 Å². The summed E-state index contributed by atoms with van der Waals surface area (Å²) in [5.41, 5.74) is 2.94. The van der Waals surface area contributed by atoms with E-state index in [1.165, 1.54) is 17.4 Å². The standard InChI is InChI=1S/C21H24N4OS/c1-4-25(5-2)18-13-11-17(12-14-18)20-22-23-21(24(20)3)27-15-19(26)16-9-7-6-8-10-16/h6-14H,4-5,15H2,1-3H3. The van der Waals surface area contributed by atoms with Gasteiger partial charge in [0, 0.05) is 37.0 Å². The molecule has 0 aliphatic rings. The van der Waals surface area contributed by atoms with Crippen molar-refractivity contribution in [3.8, 4) is 11.4 Å². The Morgan fingerprint density at radius 3 is 2.30 bits per heavy atom. The number of aromatic nitrogens is 3. The molecule has 3 rings (SSSR count). The van der Waals surface area contributed by atoms with Gasteiger partial charge in [-0.3, -0.25) is 4.79 Å². The van der Waals surface area contributed by atoms with Gasteiger partial charge in [0.2, 0.25) is 0 Å². The fraction of sp³-hybridized carbons (Fsp3) is 0.286. The topological polar surface area (TPSA) is 51.0 Å². The number of anilines is 1. The molecule has 0 N–H and O–H groups in total. The van der Waals surface area contributed by atoms with Crippen LogP contribution < -0.4 is 4.90 Å². The summed E-state index contributed by atoms with van der Waals surface area (Å²) in [6.45, 7) is 6.27. The number of ketones is 1. The summed E-state index contributed by atoms with van der Waals surface area (Å²) in [5.74, 6) is 1.24. The largest absolute Gasteiger partial charge is 0.372 e. The Hall–Kier alpha value is -2.60. The average Bonchev–Trinajstić information content (AvgIpc) is 3.08. The molecule has 0 amide bonds. The summed E-state index contributed by atoms with van der Waals surface area (Å²) >= 11 is 1.41. The van der Waals surface area contributed by atoms with Gasteiger partial charge < -0.3 is 9.47 Å². The first-order valence-electron chi connectivity index (χ1n) is 9.09. The third-order valence-corrected chi connectivity index (χ3v) is 5.54. The van der Waals surface area contributed by atoms with Crippen molar-refractivity contribution < 1.29 is 4.79 Å². The van der Waals surface area contributed by atoms with E-state index in [-0.39, 0.29) is 5.78 Å². The first kappa shape index (κ1) is 19.2. The van der Waals surface area contributed by atoms with E-state index >= 15 is 0 Å². The molecule has 0 radical (unpaired) electrons. The average molecular weight is 381 g/mol. The monoisotopic (exact) mass is 380 g/mol. The van der Waals surface area contributed by atoms with Gasteiger partial charge in [-0.1, -0.05) is 42.1 Å². The van der Waals surface area contributed by atoms with Crippen molar-refractivity contribution >= 4 is 23.2 Å². The number of Topliss-reactive ketones (excluding diaryl/α,β-unsaturated/α-hetero) is 1. The Balaban J connectivity index is 1.71. The number of carbonyl (C=O) groups is 1. The minimum Gasteiger partial charge on any atom is -0.372 e. The van der Waals surface area contributed by atoms with Gasteiger partial charge in [0.15, 0.2) is 16.8 Å². The van der Waals surface area contributed by atoms with Crippen molar-refractivity contribution in [2.24, 2.45) is 7.05 Å². The highest BCUT2D eigenvalue weighted by Gasteiger charge is 2.14. The van der Waals surface area contributed by atoms with Crippen LogP contribution in [0.2, 0.25) is 0 Å². The van der Waals surface area contributed by atoms with Crippen LogP contribution in [0.3, 0.4) is 0 Å². The van der Waals surface area contributed by atoms with Crippen molar-refractivity contribution in [3.63, 3.8) is 0 Å². The summed E-state index contributed by atoms with van der Waals surface area (Å²) in [6, 6.07) is 17.7. The van der Waals surface area contributed by atoms with E-state index in [1.807, 2.05) is 41.9 Å². The SMILES string of the molecule is CCN(CC)c1ccc(-c2nnc(SCC(=O)c3ccccc3)n2C)cc1. The second-order valence-corrected chi connectivity index (χ2v) is 7.10. The molecule has 0 saturated heterocycles. The van der Waals surface area contributed by atoms with Crippen molar-refractivity contribution in [1.82, 2.24) is 14.8 Å². The van der Waals surface area contributed by atoms with Crippen molar-refractivity contribution in [2.45, 2.75) is 19.0 Å². The maximum absolute atomic E-state index is 12.3. The Morgan fingerprint density at radius 2 is 1.67 bits per heavy atom. The molecule has 5 nitrogen and oxygen atoms in total. The maximum atomic E-state index is 12.3. The number of nitrogens with zero attached hydrogens (tertiary/aromatic N) is 4. The lowest BCUT2D eigenvalue weighted by Gasteiger charge is -2.21. The summed E-state index contributed by atoms with van der Waals surface area (Å²) in [5, 5.41) is 9.32. The van der Waals surface area contributed by atoms with Gasteiger partial charge in [0.05, 0.1) is 5.75 Å². The molecule has 6 heteroatoms. The molecule has 27 heavy (non-hydrogen) atoms. The van der Waals surface area contributed by atoms with Gasteiger partial charge in [0.25, 0.3) is 0 Å². The second-order valence-electron chi connectivity index (χ2n) is 6.16. The molecule has 0 aliphatic carbocycles. The van der Waals surface area contributed by atoms with Gasteiger partial charge in [-0.2, -0.15) is 0 Å². The molecule has 0 bridgehead atoms. The molecule has 2 aromatic carbocycles. The number of hydrogen-bond acceptors (Lipinski definition) is 5. The van der Waals surface area contributed by atoms with Crippen molar-refractivity contribution in [3.05, 3.63) is 60.2 Å². The first-order chi connectivity index (χ1) is 13.1. The van der Waals surface area contributed by atoms with E-state index in [0.29, 0.717) is 5.75 Å². The van der Waals surface area contributed by atoms with E-state index in [4.69, 9.17) is 0 Å². The van der Waals surface area contributed by atoms with Gasteiger partial charge in [-0.25, -0.2) is 0 Å². The highest BCUT2D eigenvalue weighted by atomic mass is 32.2. The fourth-order valence-electron chi connectivity index (χ4n) is 2.94. The predicted octanol–water partition coefficient (Wildman–Crippen LogP) is 4.30. The Bertz CT molecular complexity index is 886. The second kappa shape index (κ2) is 8.86. The molecule has 0 atom stereocenters. The number of benzene rings is 2. The summed E-state index contributed by atoms with van der Waals surface area (Å²) in [6.07, 6.45) is 0. The van der Waals surface area contributed by atoms with Gasteiger partial charge >= 0.3 is 0 Å². The van der Waals surface area contributed by atoms with Crippen molar-refractivity contribution in [1.29, 1.82) is 0 Å². The smallest absolute Gasteiger partial charge is 0.191 e. The zero-order valence-corrected chi connectivity index (χ0v) is 16.7. The van der Waals surface area contributed by atoms with E-state index < -0.39 is 0 Å². The molecule has 3 aromatic rings. The Morgan fingerprint density at radius 1 is 1.00 bits per heavy atom. The maximum Gasteiger partial charge on any atom is 0.191 e. The first-order valence-corrected chi connectivity index (χ1v) is 10.1. The van der Waals surface area contributed by atoms with Crippen LogP contribution in [-0.2, 0) is 7.05 Å². The number of thioether (sulfide) groups is 1. The van der Waals surface area contributed by atoms with Crippen LogP contribution >= 0.6 is 11.8 Å². The van der Waals surface area contributed by atoms with Crippen LogP contribution in [-0.4, -0.2) is 39.4 Å². The number of hydrogen-bond donors (Lipinski definition) is 0. The molecular formula is C21H24N4OS. The van der Waals surface area contributed by atoms with Crippen LogP contribution in [0.4, 0.5) is 5.69 Å². The highest BCUT2D eigenvalue weighted by molar-refractivity contribution is 7.99. The number of carbonyl (C=O) groups excluding carboxylic acids is 1.